The van der Waals surface area contributed by atoms with Crippen molar-refractivity contribution >= 4 is 17.6 Å². The van der Waals surface area contributed by atoms with E-state index in [1.165, 1.54) is 19.3 Å². The molecule has 0 aromatic heterocycles. The summed E-state index contributed by atoms with van der Waals surface area (Å²) < 4.78 is 5.06. The van der Waals surface area contributed by atoms with Gasteiger partial charge in [-0.1, -0.05) is 50.8 Å². The number of rotatable bonds is 12. The van der Waals surface area contributed by atoms with Gasteiger partial charge in [0.2, 0.25) is 5.91 Å². The first-order valence-electron chi connectivity index (χ1n) is 8.43. The number of anilines is 1. The highest BCUT2D eigenvalue weighted by molar-refractivity contribution is 5.81. The molecule has 2 N–H and O–H groups in total. The predicted molar refractivity (Wildman–Crippen MR) is 92.3 cm³/mol. The molecule has 128 valence electrons. The van der Waals surface area contributed by atoms with Crippen LogP contribution in [0.1, 0.15) is 45.4 Å². The fraction of sp³-hybridized carbons (Fsp3) is 0.556. The zero-order chi connectivity index (χ0) is 16.8. The third kappa shape index (κ3) is 10.3. The number of ether oxygens (including phenoxy) is 1. The van der Waals surface area contributed by atoms with Gasteiger partial charge in [-0.25, -0.2) is 0 Å². The lowest BCUT2D eigenvalue weighted by Crippen LogP contribution is -2.31. The number of carbonyl (C=O) groups excluding carboxylic acids is 2. The highest BCUT2D eigenvalue weighted by Crippen LogP contribution is 2.05. The van der Waals surface area contributed by atoms with Crippen molar-refractivity contribution in [3.05, 3.63) is 30.3 Å². The van der Waals surface area contributed by atoms with Crippen molar-refractivity contribution in [2.24, 2.45) is 0 Å². The van der Waals surface area contributed by atoms with Gasteiger partial charge in [0.15, 0.2) is 0 Å². The molecular weight excluding hydrogens is 292 g/mol. The van der Waals surface area contributed by atoms with E-state index in [9.17, 15) is 9.59 Å². The Bertz CT molecular complexity index is 449. The van der Waals surface area contributed by atoms with Crippen LogP contribution < -0.4 is 10.6 Å². The van der Waals surface area contributed by atoms with Crippen LogP contribution in [0.3, 0.4) is 0 Å². The van der Waals surface area contributed by atoms with Gasteiger partial charge in [-0.3, -0.25) is 9.59 Å². The summed E-state index contributed by atoms with van der Waals surface area (Å²) in [6, 6.07) is 9.71. The molecule has 0 saturated carbocycles. The third-order valence-corrected chi connectivity index (χ3v) is 3.41. The van der Waals surface area contributed by atoms with Crippen LogP contribution in [-0.2, 0) is 14.3 Å². The minimum absolute atomic E-state index is 0.0564. The number of nitrogens with one attached hydrogen (secondary N) is 2. The summed E-state index contributed by atoms with van der Waals surface area (Å²) in [6.07, 6.45) is 5.99. The number of carbonyl (C=O) groups is 2. The monoisotopic (exact) mass is 320 g/mol. The average molecular weight is 320 g/mol. The van der Waals surface area contributed by atoms with Crippen molar-refractivity contribution in [2.75, 3.05) is 25.0 Å². The Balaban J connectivity index is 1.98. The number of para-hydroxylation sites is 1. The number of esters is 1. The molecule has 1 aromatic carbocycles. The lowest BCUT2D eigenvalue weighted by molar-refractivity contribution is -0.143. The van der Waals surface area contributed by atoms with Gasteiger partial charge >= 0.3 is 5.97 Å². The van der Waals surface area contributed by atoms with Gasteiger partial charge in [0.25, 0.3) is 0 Å². The summed E-state index contributed by atoms with van der Waals surface area (Å²) in [6.45, 7) is 2.93. The molecule has 0 radical (unpaired) electrons. The smallest absolute Gasteiger partial charge is 0.325 e. The van der Waals surface area contributed by atoms with Crippen LogP contribution in [0, 0.1) is 0 Å². The molecule has 0 aliphatic carbocycles. The Morgan fingerprint density at radius 1 is 1.04 bits per heavy atom. The van der Waals surface area contributed by atoms with Crippen molar-refractivity contribution in [2.45, 2.75) is 45.4 Å². The van der Waals surface area contributed by atoms with Crippen molar-refractivity contribution in [1.29, 1.82) is 0 Å². The standard InChI is InChI=1S/C18H28N2O3/c1-2-3-4-5-9-12-17(21)20-15-18(22)23-14-13-19-16-10-7-6-8-11-16/h6-8,10-11,19H,2-5,9,12-15H2,1H3,(H,20,21). The molecule has 0 fully saturated rings. The molecular formula is C18H28N2O3. The average Bonchev–Trinajstić information content (AvgIpc) is 2.57. The quantitative estimate of drug-likeness (QED) is 0.459. The van der Waals surface area contributed by atoms with E-state index in [1.54, 1.807) is 0 Å². The van der Waals surface area contributed by atoms with E-state index in [0.29, 0.717) is 13.0 Å². The molecule has 23 heavy (non-hydrogen) atoms. The van der Waals surface area contributed by atoms with Crippen LogP contribution in [0.15, 0.2) is 30.3 Å². The van der Waals surface area contributed by atoms with E-state index in [2.05, 4.69) is 17.6 Å². The zero-order valence-corrected chi connectivity index (χ0v) is 14.0. The molecule has 0 bridgehead atoms. The SMILES string of the molecule is CCCCCCCC(=O)NCC(=O)OCCNc1ccccc1. The zero-order valence-electron chi connectivity index (χ0n) is 14.0. The van der Waals surface area contributed by atoms with E-state index in [-0.39, 0.29) is 19.1 Å². The second-order valence-corrected chi connectivity index (χ2v) is 5.45. The Kier molecular flexibility index (Phi) is 10.3. The van der Waals surface area contributed by atoms with E-state index in [4.69, 9.17) is 4.74 Å². The highest BCUT2D eigenvalue weighted by atomic mass is 16.5. The van der Waals surface area contributed by atoms with Crippen LogP contribution in [0.2, 0.25) is 0 Å². The van der Waals surface area contributed by atoms with E-state index < -0.39 is 5.97 Å². The molecule has 1 rings (SSSR count). The number of benzene rings is 1. The third-order valence-electron chi connectivity index (χ3n) is 3.41. The molecule has 0 unspecified atom stereocenters. The largest absolute Gasteiger partial charge is 0.463 e. The fourth-order valence-corrected chi connectivity index (χ4v) is 2.12. The first-order valence-corrected chi connectivity index (χ1v) is 8.43. The van der Waals surface area contributed by atoms with Crippen LogP contribution in [0.4, 0.5) is 5.69 Å². The molecule has 0 aliphatic heterocycles. The number of hydrogen-bond donors (Lipinski definition) is 2. The lowest BCUT2D eigenvalue weighted by Gasteiger charge is -2.08. The second kappa shape index (κ2) is 12.5. The minimum Gasteiger partial charge on any atom is -0.463 e. The summed E-state index contributed by atoms with van der Waals surface area (Å²) >= 11 is 0. The first kappa shape index (κ1) is 19.0. The summed E-state index contributed by atoms with van der Waals surface area (Å²) in [5, 5.41) is 5.74. The summed E-state index contributed by atoms with van der Waals surface area (Å²) in [7, 11) is 0. The summed E-state index contributed by atoms with van der Waals surface area (Å²) in [5.41, 5.74) is 0.986. The van der Waals surface area contributed by atoms with Crippen LogP contribution in [0.5, 0.6) is 0 Å². The molecule has 0 spiro atoms. The predicted octanol–water partition coefficient (Wildman–Crippen LogP) is 3.12. The van der Waals surface area contributed by atoms with Crippen molar-refractivity contribution in [3.63, 3.8) is 0 Å². The molecule has 5 nitrogen and oxygen atoms in total. The van der Waals surface area contributed by atoms with Crippen molar-refractivity contribution in [3.8, 4) is 0 Å². The second-order valence-electron chi connectivity index (χ2n) is 5.45. The van der Waals surface area contributed by atoms with Crippen molar-refractivity contribution in [1.82, 2.24) is 5.32 Å². The highest BCUT2D eigenvalue weighted by Gasteiger charge is 2.06. The number of amides is 1. The fourth-order valence-electron chi connectivity index (χ4n) is 2.12. The van der Waals surface area contributed by atoms with E-state index in [1.807, 2.05) is 30.3 Å². The molecule has 1 amide bonds. The first-order chi connectivity index (χ1) is 11.2. The van der Waals surface area contributed by atoms with Crippen LogP contribution >= 0.6 is 0 Å². The van der Waals surface area contributed by atoms with E-state index >= 15 is 0 Å². The molecule has 0 atom stereocenters. The molecule has 0 saturated heterocycles. The van der Waals surface area contributed by atoms with Gasteiger partial charge in [0, 0.05) is 18.7 Å². The summed E-state index contributed by atoms with van der Waals surface area (Å²) in [4.78, 5) is 23.1. The van der Waals surface area contributed by atoms with E-state index in [0.717, 1.165) is 18.5 Å². The molecule has 0 aliphatic rings. The molecule has 1 aromatic rings. The van der Waals surface area contributed by atoms with Gasteiger partial charge in [0.1, 0.15) is 13.2 Å². The van der Waals surface area contributed by atoms with Crippen LogP contribution in [0.25, 0.3) is 0 Å². The Morgan fingerprint density at radius 2 is 1.78 bits per heavy atom. The van der Waals surface area contributed by atoms with Gasteiger partial charge < -0.3 is 15.4 Å². The number of unbranched alkanes of at least 4 members (excludes halogenated alkanes) is 4. The van der Waals surface area contributed by atoms with Gasteiger partial charge in [-0.15, -0.1) is 0 Å². The minimum atomic E-state index is -0.404. The Labute approximate surface area is 138 Å². The molecule has 5 heteroatoms. The van der Waals surface area contributed by atoms with Crippen molar-refractivity contribution < 1.29 is 14.3 Å². The summed E-state index contributed by atoms with van der Waals surface area (Å²) in [5.74, 6) is -0.486. The maximum absolute atomic E-state index is 11.6. The van der Waals surface area contributed by atoms with Crippen LogP contribution in [-0.4, -0.2) is 31.6 Å². The Morgan fingerprint density at radius 3 is 2.52 bits per heavy atom. The van der Waals surface area contributed by atoms with Gasteiger partial charge in [-0.05, 0) is 18.6 Å². The molecule has 0 heterocycles. The Hall–Kier alpha value is -2.04. The van der Waals surface area contributed by atoms with Gasteiger partial charge in [-0.2, -0.15) is 0 Å². The lowest BCUT2D eigenvalue weighted by atomic mass is 10.1. The maximum Gasteiger partial charge on any atom is 0.325 e. The number of hydrogen-bond acceptors (Lipinski definition) is 4. The van der Waals surface area contributed by atoms with Gasteiger partial charge in [0.05, 0.1) is 0 Å². The topological polar surface area (TPSA) is 67.4 Å². The maximum atomic E-state index is 11.6. The normalized spacial score (nSPS) is 10.1.